The van der Waals surface area contributed by atoms with Crippen LogP contribution in [0.25, 0.3) is 0 Å². The van der Waals surface area contributed by atoms with Gasteiger partial charge in [0.25, 0.3) is 0 Å². The SMILES string of the molecule is CCCCCCCCCCCCCCCCCCCCCC(=O)O[C@H](COC(=O)CCCCCCCCCCCCCC)COC(=O)CCCCCCCCC(C)C. The van der Waals surface area contributed by atoms with E-state index in [1.54, 1.807) is 0 Å². The Balaban J connectivity index is 4.23. The molecular formula is C52H100O6. The summed E-state index contributed by atoms with van der Waals surface area (Å²) in [4.78, 5) is 37.8. The summed E-state index contributed by atoms with van der Waals surface area (Å²) < 4.78 is 16.8. The van der Waals surface area contributed by atoms with Crippen molar-refractivity contribution in [1.29, 1.82) is 0 Å². The molecule has 0 spiro atoms. The highest BCUT2D eigenvalue weighted by Crippen LogP contribution is 2.17. The Bertz CT molecular complexity index is 872. The first-order valence-corrected chi connectivity index (χ1v) is 25.9. The molecule has 0 heterocycles. The zero-order chi connectivity index (χ0) is 42.4. The van der Waals surface area contributed by atoms with E-state index in [9.17, 15) is 14.4 Å². The monoisotopic (exact) mass is 821 g/mol. The van der Waals surface area contributed by atoms with Crippen LogP contribution in [0.4, 0.5) is 0 Å². The van der Waals surface area contributed by atoms with E-state index in [-0.39, 0.29) is 31.1 Å². The average Bonchev–Trinajstić information content (AvgIpc) is 3.21. The summed E-state index contributed by atoms with van der Waals surface area (Å²) in [6.07, 6.45) is 48.2. The largest absolute Gasteiger partial charge is 0.462 e. The molecule has 0 aliphatic rings. The number of hydrogen-bond donors (Lipinski definition) is 0. The number of unbranched alkanes of at least 4 members (excludes halogenated alkanes) is 34. The molecule has 58 heavy (non-hydrogen) atoms. The van der Waals surface area contributed by atoms with Gasteiger partial charge in [-0.1, -0.05) is 252 Å². The highest BCUT2D eigenvalue weighted by molar-refractivity contribution is 5.71. The molecule has 6 nitrogen and oxygen atoms in total. The quantitative estimate of drug-likeness (QED) is 0.0346. The number of hydrogen-bond acceptors (Lipinski definition) is 6. The van der Waals surface area contributed by atoms with Crippen molar-refractivity contribution in [3.8, 4) is 0 Å². The normalized spacial score (nSPS) is 11.9. The predicted molar refractivity (Wildman–Crippen MR) is 247 cm³/mol. The molecule has 6 heteroatoms. The zero-order valence-corrected chi connectivity index (χ0v) is 39.5. The van der Waals surface area contributed by atoms with Crippen LogP contribution < -0.4 is 0 Å². The Hall–Kier alpha value is -1.59. The zero-order valence-electron chi connectivity index (χ0n) is 39.5. The summed E-state index contributed by atoms with van der Waals surface area (Å²) in [5.41, 5.74) is 0. The van der Waals surface area contributed by atoms with Crippen LogP contribution in [0.1, 0.15) is 291 Å². The van der Waals surface area contributed by atoms with Crippen molar-refractivity contribution in [3.05, 3.63) is 0 Å². The van der Waals surface area contributed by atoms with E-state index >= 15 is 0 Å². The van der Waals surface area contributed by atoms with E-state index in [0.717, 1.165) is 63.7 Å². The molecule has 0 N–H and O–H groups in total. The van der Waals surface area contributed by atoms with Crippen LogP contribution in [-0.4, -0.2) is 37.2 Å². The van der Waals surface area contributed by atoms with Crippen LogP contribution in [0.3, 0.4) is 0 Å². The van der Waals surface area contributed by atoms with Crippen molar-refractivity contribution >= 4 is 17.9 Å². The Kier molecular flexibility index (Phi) is 45.2. The fourth-order valence-corrected chi connectivity index (χ4v) is 7.86. The van der Waals surface area contributed by atoms with E-state index in [2.05, 4.69) is 27.7 Å². The van der Waals surface area contributed by atoms with Gasteiger partial charge in [0, 0.05) is 19.3 Å². The molecule has 0 fully saturated rings. The third-order valence-electron chi connectivity index (χ3n) is 11.8. The van der Waals surface area contributed by atoms with Gasteiger partial charge in [-0.05, 0) is 25.2 Å². The van der Waals surface area contributed by atoms with Crippen molar-refractivity contribution in [2.75, 3.05) is 13.2 Å². The van der Waals surface area contributed by atoms with E-state index in [4.69, 9.17) is 14.2 Å². The molecule has 0 unspecified atom stereocenters. The maximum atomic E-state index is 12.8. The van der Waals surface area contributed by atoms with Crippen molar-refractivity contribution in [2.45, 2.75) is 297 Å². The number of esters is 3. The van der Waals surface area contributed by atoms with Gasteiger partial charge in [0.05, 0.1) is 0 Å². The smallest absolute Gasteiger partial charge is 0.306 e. The van der Waals surface area contributed by atoms with Gasteiger partial charge >= 0.3 is 17.9 Å². The molecule has 0 aliphatic carbocycles. The third-order valence-corrected chi connectivity index (χ3v) is 11.8. The van der Waals surface area contributed by atoms with Crippen molar-refractivity contribution in [2.24, 2.45) is 5.92 Å². The number of rotatable bonds is 47. The molecule has 0 aliphatic heterocycles. The van der Waals surface area contributed by atoms with Crippen LogP contribution in [0.2, 0.25) is 0 Å². The molecule has 1 atom stereocenters. The molecule has 0 saturated carbocycles. The lowest BCUT2D eigenvalue weighted by molar-refractivity contribution is -0.167. The van der Waals surface area contributed by atoms with Gasteiger partial charge < -0.3 is 14.2 Å². The Morgan fingerprint density at radius 3 is 0.845 bits per heavy atom. The molecule has 0 aromatic carbocycles. The summed E-state index contributed by atoms with van der Waals surface area (Å²) in [6.45, 7) is 8.95. The first kappa shape index (κ1) is 56.4. The van der Waals surface area contributed by atoms with E-state index in [1.807, 2.05) is 0 Å². The summed E-state index contributed by atoms with van der Waals surface area (Å²) >= 11 is 0. The summed E-state index contributed by atoms with van der Waals surface area (Å²) in [7, 11) is 0. The van der Waals surface area contributed by atoms with E-state index in [0.29, 0.717) is 19.3 Å². The number of carbonyl (C=O) groups is 3. The van der Waals surface area contributed by atoms with Gasteiger partial charge in [0.2, 0.25) is 0 Å². The summed E-state index contributed by atoms with van der Waals surface area (Å²) in [5, 5.41) is 0. The fraction of sp³-hybridized carbons (Fsp3) is 0.942. The third kappa shape index (κ3) is 45.5. The first-order chi connectivity index (χ1) is 28.4. The van der Waals surface area contributed by atoms with Crippen LogP contribution in [0.15, 0.2) is 0 Å². The van der Waals surface area contributed by atoms with Gasteiger partial charge in [-0.3, -0.25) is 14.4 Å². The van der Waals surface area contributed by atoms with Crippen molar-refractivity contribution < 1.29 is 28.6 Å². The second kappa shape index (κ2) is 46.5. The van der Waals surface area contributed by atoms with Crippen molar-refractivity contribution in [1.82, 2.24) is 0 Å². The highest BCUT2D eigenvalue weighted by Gasteiger charge is 2.19. The van der Waals surface area contributed by atoms with Crippen molar-refractivity contribution in [3.63, 3.8) is 0 Å². The Labute approximate surface area is 361 Å². The predicted octanol–water partition coefficient (Wildman–Crippen LogP) is 16.7. The van der Waals surface area contributed by atoms with Crippen LogP contribution in [0.5, 0.6) is 0 Å². The van der Waals surface area contributed by atoms with Crippen LogP contribution in [-0.2, 0) is 28.6 Å². The molecule has 0 saturated heterocycles. The van der Waals surface area contributed by atoms with E-state index in [1.165, 1.54) is 186 Å². The molecule has 0 radical (unpaired) electrons. The minimum absolute atomic E-state index is 0.0638. The van der Waals surface area contributed by atoms with E-state index < -0.39 is 6.10 Å². The molecule has 0 bridgehead atoms. The summed E-state index contributed by atoms with van der Waals surface area (Å²) in [6, 6.07) is 0. The molecular weight excluding hydrogens is 721 g/mol. The Morgan fingerprint density at radius 1 is 0.328 bits per heavy atom. The lowest BCUT2D eigenvalue weighted by Gasteiger charge is -2.18. The summed E-state index contributed by atoms with van der Waals surface area (Å²) in [5.74, 6) is -0.0874. The molecule has 0 aromatic heterocycles. The van der Waals surface area contributed by atoms with Gasteiger partial charge in [-0.2, -0.15) is 0 Å². The molecule has 0 rings (SSSR count). The topological polar surface area (TPSA) is 78.9 Å². The maximum absolute atomic E-state index is 12.8. The number of ether oxygens (including phenoxy) is 3. The number of carbonyl (C=O) groups excluding carboxylic acids is 3. The minimum atomic E-state index is -0.761. The van der Waals surface area contributed by atoms with Gasteiger partial charge in [-0.25, -0.2) is 0 Å². The van der Waals surface area contributed by atoms with Crippen LogP contribution >= 0.6 is 0 Å². The standard InChI is InChI=1S/C52H100O6/c1-5-7-9-11-13-15-17-19-20-21-22-23-24-25-27-29-31-37-41-45-52(55)58-49(47-57-51(54)44-40-36-33-32-34-38-42-48(3)4)46-56-50(53)43-39-35-30-28-26-18-16-14-12-10-8-6-2/h48-49H,5-47H2,1-4H3/t49-/m1/s1. The lowest BCUT2D eigenvalue weighted by Crippen LogP contribution is -2.30. The molecule has 0 amide bonds. The van der Waals surface area contributed by atoms with Crippen LogP contribution in [0, 0.1) is 5.92 Å². The second-order valence-corrected chi connectivity index (χ2v) is 18.3. The van der Waals surface area contributed by atoms with Gasteiger partial charge in [0.1, 0.15) is 13.2 Å². The molecule has 344 valence electrons. The second-order valence-electron chi connectivity index (χ2n) is 18.3. The maximum Gasteiger partial charge on any atom is 0.306 e. The minimum Gasteiger partial charge on any atom is -0.462 e. The van der Waals surface area contributed by atoms with Gasteiger partial charge in [0.15, 0.2) is 6.10 Å². The lowest BCUT2D eigenvalue weighted by atomic mass is 10.0. The first-order valence-electron chi connectivity index (χ1n) is 25.9. The molecule has 0 aromatic rings. The Morgan fingerprint density at radius 2 is 0.569 bits per heavy atom. The average molecular weight is 821 g/mol. The highest BCUT2D eigenvalue weighted by atomic mass is 16.6. The van der Waals surface area contributed by atoms with Gasteiger partial charge in [-0.15, -0.1) is 0 Å². The fourth-order valence-electron chi connectivity index (χ4n) is 7.86.